The lowest BCUT2D eigenvalue weighted by molar-refractivity contribution is 0.894. The van der Waals surface area contributed by atoms with Crippen LogP contribution in [0.15, 0.2) is 41.0 Å². The number of hydrogen-bond acceptors (Lipinski definition) is 3. The molecule has 0 radical (unpaired) electrons. The number of benzene rings is 1. The normalized spacial score (nSPS) is 10.3. The predicted octanol–water partition coefficient (Wildman–Crippen LogP) is 3.42. The summed E-state index contributed by atoms with van der Waals surface area (Å²) in [5, 5.41) is 8.06. The molecule has 2 rings (SSSR count). The third kappa shape index (κ3) is 3.49. The van der Waals surface area contributed by atoms with Crippen molar-refractivity contribution in [3.63, 3.8) is 0 Å². The highest BCUT2D eigenvalue weighted by molar-refractivity contribution is 9.10. The summed E-state index contributed by atoms with van der Waals surface area (Å²) in [6.45, 7) is 0.661. The van der Waals surface area contributed by atoms with E-state index in [-0.39, 0.29) is 5.84 Å². The molecule has 0 saturated carbocycles. The van der Waals surface area contributed by atoms with Crippen LogP contribution in [0.2, 0.25) is 5.02 Å². The molecule has 0 aliphatic rings. The molecule has 0 aliphatic carbocycles. The van der Waals surface area contributed by atoms with Crippen molar-refractivity contribution in [1.29, 1.82) is 5.41 Å². The molecule has 104 valence electrons. The molecule has 1 aromatic carbocycles. The summed E-state index contributed by atoms with van der Waals surface area (Å²) in [7, 11) is 1.95. The third-order valence-electron chi connectivity index (χ3n) is 2.81. The lowest BCUT2D eigenvalue weighted by atomic mass is 10.1. The smallest absolute Gasteiger partial charge is 0.143 e. The third-order valence-corrected chi connectivity index (χ3v) is 3.60. The minimum atomic E-state index is 0.0697. The summed E-state index contributed by atoms with van der Waals surface area (Å²) < 4.78 is 0.843. The molecule has 4 nitrogen and oxygen atoms in total. The van der Waals surface area contributed by atoms with E-state index in [1.165, 1.54) is 0 Å². The van der Waals surface area contributed by atoms with E-state index in [1.807, 2.05) is 42.3 Å². The molecule has 3 N–H and O–H groups in total. The molecule has 0 fully saturated rings. The van der Waals surface area contributed by atoms with Gasteiger partial charge in [-0.25, -0.2) is 4.98 Å². The van der Waals surface area contributed by atoms with Gasteiger partial charge in [0.15, 0.2) is 0 Å². The number of amidine groups is 1. The molecule has 1 aromatic heterocycles. The van der Waals surface area contributed by atoms with Gasteiger partial charge >= 0.3 is 0 Å². The van der Waals surface area contributed by atoms with Gasteiger partial charge in [0.05, 0.1) is 9.50 Å². The molecule has 0 spiro atoms. The molecule has 0 saturated heterocycles. The molecule has 2 aromatic rings. The Hall–Kier alpha value is -1.59. The number of rotatable bonds is 4. The number of nitrogen functional groups attached to an aromatic ring is 1. The lowest BCUT2D eigenvalue weighted by Gasteiger charge is -2.20. The van der Waals surface area contributed by atoms with Crippen LogP contribution in [0.5, 0.6) is 0 Å². The predicted molar refractivity (Wildman–Crippen MR) is 86.5 cm³/mol. The fourth-order valence-electron chi connectivity index (χ4n) is 1.87. The Kier molecular flexibility index (Phi) is 4.62. The number of nitrogens with zero attached hydrogens (tertiary/aromatic N) is 2. The van der Waals surface area contributed by atoms with Crippen molar-refractivity contribution in [2.45, 2.75) is 6.54 Å². The molecule has 0 aliphatic heterocycles. The second kappa shape index (κ2) is 6.24. The first kappa shape index (κ1) is 14.8. The average molecular weight is 354 g/mol. The lowest BCUT2D eigenvalue weighted by Crippen LogP contribution is -2.19. The fourth-order valence-corrected chi connectivity index (χ4v) is 2.82. The van der Waals surface area contributed by atoms with Gasteiger partial charge in [-0.2, -0.15) is 0 Å². The zero-order valence-corrected chi connectivity index (χ0v) is 13.2. The molecule has 0 unspecified atom stereocenters. The Labute approximate surface area is 131 Å². The molecule has 0 bridgehead atoms. The molecule has 0 atom stereocenters. The Morgan fingerprint density at radius 2 is 2.20 bits per heavy atom. The standard InChI is InChI=1S/C14H14BrClN4/c1-20(14-12(15)6-11(16)7-19-14)8-9-3-2-4-10(5-9)13(17)18/h2-7H,8H2,1H3,(H3,17,18). The Morgan fingerprint density at radius 1 is 1.45 bits per heavy atom. The number of pyridine rings is 1. The molecule has 1 heterocycles. The van der Waals surface area contributed by atoms with Gasteiger partial charge in [0, 0.05) is 25.4 Å². The summed E-state index contributed by atoms with van der Waals surface area (Å²) in [5.41, 5.74) is 7.28. The minimum absolute atomic E-state index is 0.0697. The molecule has 0 amide bonds. The van der Waals surface area contributed by atoms with E-state index >= 15 is 0 Å². The summed E-state index contributed by atoms with van der Waals surface area (Å²) in [5.74, 6) is 0.878. The fraction of sp³-hybridized carbons (Fsp3) is 0.143. The van der Waals surface area contributed by atoms with E-state index < -0.39 is 0 Å². The van der Waals surface area contributed by atoms with E-state index in [4.69, 9.17) is 22.7 Å². The largest absolute Gasteiger partial charge is 0.384 e. The number of hydrogen-bond donors (Lipinski definition) is 2. The van der Waals surface area contributed by atoms with E-state index in [0.29, 0.717) is 11.6 Å². The van der Waals surface area contributed by atoms with Gasteiger partial charge in [-0.1, -0.05) is 29.8 Å². The zero-order chi connectivity index (χ0) is 14.7. The van der Waals surface area contributed by atoms with Crippen LogP contribution in [0.25, 0.3) is 0 Å². The number of aromatic nitrogens is 1. The monoisotopic (exact) mass is 352 g/mol. The SMILES string of the molecule is CN(Cc1cccc(C(=N)N)c1)c1ncc(Cl)cc1Br. The van der Waals surface area contributed by atoms with Crippen molar-refractivity contribution >= 4 is 39.2 Å². The van der Waals surface area contributed by atoms with Gasteiger partial charge in [-0.3, -0.25) is 5.41 Å². The molecular weight excluding hydrogens is 340 g/mol. The van der Waals surface area contributed by atoms with Crippen molar-refractivity contribution in [2.75, 3.05) is 11.9 Å². The highest BCUT2D eigenvalue weighted by Crippen LogP contribution is 2.26. The molecule has 20 heavy (non-hydrogen) atoms. The Balaban J connectivity index is 2.21. The number of anilines is 1. The molecular formula is C14H14BrClN4. The second-order valence-corrected chi connectivity index (χ2v) is 5.72. The topological polar surface area (TPSA) is 66.0 Å². The summed E-state index contributed by atoms with van der Waals surface area (Å²) >= 11 is 9.34. The zero-order valence-electron chi connectivity index (χ0n) is 10.9. The van der Waals surface area contributed by atoms with Crippen LogP contribution >= 0.6 is 27.5 Å². The summed E-state index contributed by atoms with van der Waals surface area (Å²) in [6.07, 6.45) is 1.62. The van der Waals surface area contributed by atoms with Gasteiger partial charge in [-0.15, -0.1) is 0 Å². The first-order valence-electron chi connectivity index (χ1n) is 5.93. The number of nitrogens with one attached hydrogen (secondary N) is 1. The van der Waals surface area contributed by atoms with E-state index in [1.54, 1.807) is 6.20 Å². The highest BCUT2D eigenvalue weighted by Gasteiger charge is 2.09. The van der Waals surface area contributed by atoms with E-state index in [2.05, 4.69) is 20.9 Å². The number of halogens is 2. The quantitative estimate of drug-likeness (QED) is 0.654. The Bertz CT molecular complexity index is 645. The van der Waals surface area contributed by atoms with Crippen molar-refractivity contribution < 1.29 is 0 Å². The van der Waals surface area contributed by atoms with Crippen LogP contribution in [-0.4, -0.2) is 17.9 Å². The van der Waals surface area contributed by atoms with Crippen LogP contribution in [-0.2, 0) is 6.54 Å². The maximum Gasteiger partial charge on any atom is 0.143 e. The second-order valence-electron chi connectivity index (χ2n) is 4.43. The average Bonchev–Trinajstić information content (AvgIpc) is 2.38. The van der Waals surface area contributed by atoms with Crippen LogP contribution in [0.4, 0.5) is 5.82 Å². The van der Waals surface area contributed by atoms with Gasteiger partial charge in [0.25, 0.3) is 0 Å². The van der Waals surface area contributed by atoms with Crippen LogP contribution in [0, 0.1) is 5.41 Å². The van der Waals surface area contributed by atoms with E-state index in [0.717, 1.165) is 21.4 Å². The first-order valence-corrected chi connectivity index (χ1v) is 7.10. The van der Waals surface area contributed by atoms with Crippen molar-refractivity contribution in [3.05, 3.63) is 57.2 Å². The van der Waals surface area contributed by atoms with Gasteiger partial charge < -0.3 is 10.6 Å². The van der Waals surface area contributed by atoms with Crippen LogP contribution < -0.4 is 10.6 Å². The first-order chi connectivity index (χ1) is 9.47. The van der Waals surface area contributed by atoms with E-state index in [9.17, 15) is 0 Å². The Morgan fingerprint density at radius 3 is 2.85 bits per heavy atom. The van der Waals surface area contributed by atoms with Crippen molar-refractivity contribution in [1.82, 2.24) is 4.98 Å². The van der Waals surface area contributed by atoms with Crippen LogP contribution in [0.3, 0.4) is 0 Å². The van der Waals surface area contributed by atoms with Crippen molar-refractivity contribution in [3.8, 4) is 0 Å². The minimum Gasteiger partial charge on any atom is -0.384 e. The summed E-state index contributed by atoms with van der Waals surface area (Å²) in [6, 6.07) is 9.42. The van der Waals surface area contributed by atoms with Gasteiger partial charge in [-0.05, 0) is 33.6 Å². The molecule has 6 heteroatoms. The van der Waals surface area contributed by atoms with Crippen LogP contribution in [0.1, 0.15) is 11.1 Å². The maximum atomic E-state index is 7.47. The number of nitrogens with two attached hydrogens (primary N) is 1. The van der Waals surface area contributed by atoms with Gasteiger partial charge in [0.1, 0.15) is 11.7 Å². The highest BCUT2D eigenvalue weighted by atomic mass is 79.9. The van der Waals surface area contributed by atoms with Crippen molar-refractivity contribution in [2.24, 2.45) is 5.73 Å². The van der Waals surface area contributed by atoms with Gasteiger partial charge in [0.2, 0.25) is 0 Å². The maximum absolute atomic E-state index is 7.47. The summed E-state index contributed by atoms with van der Waals surface area (Å²) in [4.78, 5) is 6.31.